The van der Waals surface area contributed by atoms with Crippen molar-refractivity contribution in [2.24, 2.45) is 23.2 Å². The number of aliphatic carboxylic acids is 1. The lowest BCUT2D eigenvalue weighted by molar-refractivity contribution is -0.145. The molecule has 0 spiro atoms. The SMILES string of the molecule is COc1ccc(C)cc1C(=O)[C@H]1C[C@H](C(=O)O)C(C)(C)[C@@H]1C. The largest absolute Gasteiger partial charge is 0.496 e. The molecule has 1 aliphatic rings. The molecule has 2 rings (SSSR count). The minimum atomic E-state index is -0.816. The van der Waals surface area contributed by atoms with Crippen molar-refractivity contribution in [3.05, 3.63) is 29.3 Å². The average molecular weight is 304 g/mol. The molecule has 1 aromatic rings. The van der Waals surface area contributed by atoms with Crippen molar-refractivity contribution in [1.82, 2.24) is 0 Å². The van der Waals surface area contributed by atoms with Crippen molar-refractivity contribution in [3.8, 4) is 5.75 Å². The summed E-state index contributed by atoms with van der Waals surface area (Å²) in [6.07, 6.45) is 0.388. The van der Waals surface area contributed by atoms with E-state index < -0.39 is 17.3 Å². The normalized spacial score (nSPS) is 26.7. The summed E-state index contributed by atoms with van der Waals surface area (Å²) in [5.41, 5.74) is 1.15. The maximum Gasteiger partial charge on any atom is 0.307 e. The molecule has 3 atom stereocenters. The Labute approximate surface area is 131 Å². The van der Waals surface area contributed by atoms with Crippen molar-refractivity contribution >= 4 is 11.8 Å². The van der Waals surface area contributed by atoms with Gasteiger partial charge in [0.1, 0.15) is 5.75 Å². The Balaban J connectivity index is 2.39. The fraction of sp³-hybridized carbons (Fsp3) is 0.556. The average Bonchev–Trinajstić information content (AvgIpc) is 2.69. The van der Waals surface area contributed by atoms with Crippen LogP contribution in [0.25, 0.3) is 0 Å². The summed E-state index contributed by atoms with van der Waals surface area (Å²) in [5.74, 6) is -1.04. The topological polar surface area (TPSA) is 63.6 Å². The number of Topliss-reactive ketones (excluding diaryl/α,β-unsaturated/α-hetero) is 1. The first kappa shape index (κ1) is 16.5. The van der Waals surface area contributed by atoms with Crippen LogP contribution in [-0.4, -0.2) is 24.0 Å². The van der Waals surface area contributed by atoms with Crippen LogP contribution in [0.1, 0.15) is 43.1 Å². The molecular formula is C18H24O4. The van der Waals surface area contributed by atoms with E-state index in [9.17, 15) is 14.7 Å². The third kappa shape index (κ3) is 2.62. The molecule has 1 fully saturated rings. The Hall–Kier alpha value is -1.84. The molecule has 1 N–H and O–H groups in total. The molecule has 0 bridgehead atoms. The van der Waals surface area contributed by atoms with Gasteiger partial charge in [-0.3, -0.25) is 9.59 Å². The number of carbonyl (C=O) groups excluding carboxylic acids is 1. The van der Waals surface area contributed by atoms with Gasteiger partial charge in [0.2, 0.25) is 0 Å². The Kier molecular flexibility index (Phi) is 4.32. The maximum atomic E-state index is 13.0. The van der Waals surface area contributed by atoms with Gasteiger partial charge in [0.05, 0.1) is 18.6 Å². The summed E-state index contributed by atoms with van der Waals surface area (Å²) in [5, 5.41) is 9.45. The standard InChI is InChI=1S/C18H24O4/c1-10-6-7-15(22-5)13(8-10)16(19)12-9-14(17(20)21)18(3,4)11(12)2/h6-8,11-12,14H,9H2,1-5H3,(H,20,21)/t11-,12+,14-/m1/s1. The third-order valence-electron chi connectivity index (χ3n) is 5.42. The van der Waals surface area contributed by atoms with Gasteiger partial charge in [-0.25, -0.2) is 0 Å². The maximum absolute atomic E-state index is 13.0. The van der Waals surface area contributed by atoms with Crippen LogP contribution in [0.2, 0.25) is 0 Å². The number of ether oxygens (including phenoxy) is 1. The molecule has 1 aliphatic carbocycles. The lowest BCUT2D eigenvalue weighted by atomic mass is 9.74. The lowest BCUT2D eigenvalue weighted by Gasteiger charge is -2.29. The highest BCUT2D eigenvalue weighted by Crippen LogP contribution is 2.51. The van der Waals surface area contributed by atoms with E-state index in [0.717, 1.165) is 5.56 Å². The molecule has 4 heteroatoms. The Morgan fingerprint density at radius 1 is 1.32 bits per heavy atom. The number of hydrogen-bond acceptors (Lipinski definition) is 3. The monoisotopic (exact) mass is 304 g/mol. The van der Waals surface area contributed by atoms with E-state index in [-0.39, 0.29) is 17.6 Å². The van der Waals surface area contributed by atoms with Crippen LogP contribution in [0, 0.1) is 30.1 Å². The van der Waals surface area contributed by atoms with E-state index in [2.05, 4.69) is 0 Å². The Morgan fingerprint density at radius 2 is 1.95 bits per heavy atom. The van der Waals surface area contributed by atoms with Gasteiger partial charge >= 0.3 is 5.97 Å². The predicted octanol–water partition coefficient (Wildman–Crippen LogP) is 3.57. The van der Waals surface area contributed by atoms with E-state index >= 15 is 0 Å². The van der Waals surface area contributed by atoms with Crippen molar-refractivity contribution in [2.45, 2.75) is 34.1 Å². The Morgan fingerprint density at radius 3 is 2.45 bits per heavy atom. The summed E-state index contributed by atoms with van der Waals surface area (Å²) >= 11 is 0. The zero-order chi connectivity index (χ0) is 16.7. The highest BCUT2D eigenvalue weighted by Gasteiger charge is 2.52. The second-order valence-electron chi connectivity index (χ2n) is 6.91. The second kappa shape index (κ2) is 5.75. The quantitative estimate of drug-likeness (QED) is 0.864. The van der Waals surface area contributed by atoms with Crippen molar-refractivity contribution in [1.29, 1.82) is 0 Å². The first-order valence-electron chi connectivity index (χ1n) is 7.61. The van der Waals surface area contributed by atoms with Crippen LogP contribution >= 0.6 is 0 Å². The molecule has 22 heavy (non-hydrogen) atoms. The number of benzene rings is 1. The van der Waals surface area contributed by atoms with Gasteiger partial charge in [-0.2, -0.15) is 0 Å². The zero-order valence-corrected chi connectivity index (χ0v) is 13.8. The van der Waals surface area contributed by atoms with Crippen LogP contribution in [0.3, 0.4) is 0 Å². The molecular weight excluding hydrogens is 280 g/mol. The molecule has 0 unspecified atom stereocenters. The van der Waals surface area contributed by atoms with Gasteiger partial charge in [0.15, 0.2) is 5.78 Å². The lowest BCUT2D eigenvalue weighted by Crippen LogP contribution is -2.30. The number of carboxylic acid groups (broad SMARTS) is 1. The molecule has 0 amide bonds. The molecule has 0 saturated heterocycles. The first-order chi connectivity index (χ1) is 10.2. The minimum absolute atomic E-state index is 0.00585. The van der Waals surface area contributed by atoms with E-state index in [1.54, 1.807) is 13.2 Å². The second-order valence-corrected chi connectivity index (χ2v) is 6.91. The van der Waals surface area contributed by atoms with Crippen LogP contribution in [0.15, 0.2) is 18.2 Å². The van der Waals surface area contributed by atoms with Crippen molar-refractivity contribution < 1.29 is 19.4 Å². The molecule has 0 aromatic heterocycles. The van der Waals surface area contributed by atoms with E-state index in [1.807, 2.05) is 39.8 Å². The predicted molar refractivity (Wildman–Crippen MR) is 84.2 cm³/mol. The fourth-order valence-corrected chi connectivity index (χ4v) is 3.56. The fourth-order valence-electron chi connectivity index (χ4n) is 3.56. The summed E-state index contributed by atoms with van der Waals surface area (Å²) in [7, 11) is 1.55. The number of carbonyl (C=O) groups is 2. The number of aryl methyl sites for hydroxylation is 1. The number of rotatable bonds is 4. The Bertz CT molecular complexity index is 603. The molecule has 120 valence electrons. The highest BCUT2D eigenvalue weighted by molar-refractivity contribution is 6.01. The molecule has 0 heterocycles. The van der Waals surface area contributed by atoms with Gasteiger partial charge in [-0.05, 0) is 36.8 Å². The van der Waals surface area contributed by atoms with Gasteiger partial charge < -0.3 is 9.84 Å². The first-order valence-corrected chi connectivity index (χ1v) is 7.61. The molecule has 0 radical (unpaired) electrons. The van der Waals surface area contributed by atoms with Crippen LogP contribution in [0.5, 0.6) is 5.75 Å². The summed E-state index contributed by atoms with van der Waals surface area (Å²) in [4.78, 5) is 24.5. The summed E-state index contributed by atoms with van der Waals surface area (Å²) in [6, 6.07) is 5.52. The summed E-state index contributed by atoms with van der Waals surface area (Å²) < 4.78 is 5.31. The van der Waals surface area contributed by atoms with Gasteiger partial charge in [-0.1, -0.05) is 32.4 Å². The van der Waals surface area contributed by atoms with Gasteiger partial charge in [0.25, 0.3) is 0 Å². The summed E-state index contributed by atoms with van der Waals surface area (Å²) in [6.45, 7) is 7.79. The molecule has 1 saturated carbocycles. The number of hydrogen-bond donors (Lipinski definition) is 1. The number of ketones is 1. The van der Waals surface area contributed by atoms with E-state index in [4.69, 9.17) is 4.74 Å². The molecule has 0 aliphatic heterocycles. The van der Waals surface area contributed by atoms with Crippen LogP contribution in [-0.2, 0) is 4.79 Å². The highest BCUT2D eigenvalue weighted by atomic mass is 16.5. The van der Waals surface area contributed by atoms with Gasteiger partial charge in [-0.15, -0.1) is 0 Å². The zero-order valence-electron chi connectivity index (χ0n) is 13.8. The van der Waals surface area contributed by atoms with Crippen LogP contribution in [0.4, 0.5) is 0 Å². The third-order valence-corrected chi connectivity index (χ3v) is 5.42. The van der Waals surface area contributed by atoms with Crippen molar-refractivity contribution in [2.75, 3.05) is 7.11 Å². The van der Waals surface area contributed by atoms with Gasteiger partial charge in [0, 0.05) is 5.92 Å². The van der Waals surface area contributed by atoms with Crippen molar-refractivity contribution in [3.63, 3.8) is 0 Å². The van der Waals surface area contributed by atoms with E-state index in [0.29, 0.717) is 17.7 Å². The minimum Gasteiger partial charge on any atom is -0.496 e. The number of methoxy groups -OCH3 is 1. The smallest absolute Gasteiger partial charge is 0.307 e. The number of carboxylic acids is 1. The molecule has 1 aromatic carbocycles. The van der Waals surface area contributed by atoms with Crippen LogP contribution < -0.4 is 4.74 Å². The van der Waals surface area contributed by atoms with E-state index in [1.165, 1.54) is 0 Å². The molecule has 4 nitrogen and oxygen atoms in total.